The molecule has 2 aliphatic heterocycles. The predicted molar refractivity (Wildman–Crippen MR) is 124 cm³/mol. The number of hydrogen-bond acceptors (Lipinski definition) is 4. The highest BCUT2D eigenvalue weighted by Gasteiger charge is 2.33. The quantitative estimate of drug-likeness (QED) is 0.738. The van der Waals surface area contributed by atoms with Crippen molar-refractivity contribution in [1.82, 2.24) is 10.2 Å². The van der Waals surface area contributed by atoms with Crippen LogP contribution in [0.15, 0.2) is 30.3 Å². The highest BCUT2D eigenvalue weighted by molar-refractivity contribution is 6.33. The zero-order chi connectivity index (χ0) is 22.8. The molecule has 2 atom stereocenters. The molecule has 0 aliphatic carbocycles. The number of ether oxygens (including phenoxy) is 2. The lowest BCUT2D eigenvalue weighted by molar-refractivity contribution is 0.0406. The van der Waals surface area contributed by atoms with Gasteiger partial charge in [0, 0.05) is 25.8 Å². The van der Waals surface area contributed by atoms with Crippen molar-refractivity contribution >= 4 is 23.4 Å². The van der Waals surface area contributed by atoms with Crippen molar-refractivity contribution in [3.05, 3.63) is 63.2 Å². The maximum absolute atomic E-state index is 13.5. The van der Waals surface area contributed by atoms with Crippen molar-refractivity contribution in [1.29, 1.82) is 0 Å². The number of amides is 2. The molecule has 0 radical (unpaired) electrons. The van der Waals surface area contributed by atoms with E-state index in [0.29, 0.717) is 41.5 Å². The molecule has 0 bridgehead atoms. The molecule has 6 nitrogen and oxygen atoms in total. The van der Waals surface area contributed by atoms with E-state index in [1.54, 1.807) is 19.2 Å². The van der Waals surface area contributed by atoms with Gasteiger partial charge in [-0.25, -0.2) is 0 Å². The summed E-state index contributed by atoms with van der Waals surface area (Å²) in [6.45, 7) is 5.65. The monoisotopic (exact) mass is 456 g/mol. The molecule has 2 aromatic carbocycles. The standard InChI is InChI=1S/C25H29ClN2O4/c1-15-14-32-23-21(25(30)28(15)13-20-5-4-10-31-20)12-19(16(2)22(23)26)11-17-6-8-18(9-7-17)24(29)27-3/h6-9,12,15,20H,4-5,10-11,13-14H2,1-3H3,(H,27,29)/t15-,20?/m0/s1. The molecule has 0 saturated carbocycles. The van der Waals surface area contributed by atoms with Crippen LogP contribution >= 0.6 is 11.6 Å². The van der Waals surface area contributed by atoms with Crippen molar-refractivity contribution < 1.29 is 19.1 Å². The Bertz CT molecular complexity index is 1020. The largest absolute Gasteiger partial charge is 0.489 e. The molecule has 32 heavy (non-hydrogen) atoms. The van der Waals surface area contributed by atoms with Gasteiger partial charge in [0.25, 0.3) is 11.8 Å². The third-order valence-electron chi connectivity index (χ3n) is 6.33. The molecule has 7 heteroatoms. The van der Waals surface area contributed by atoms with Crippen LogP contribution in [0.5, 0.6) is 5.75 Å². The fourth-order valence-corrected chi connectivity index (χ4v) is 4.60. The summed E-state index contributed by atoms with van der Waals surface area (Å²) >= 11 is 6.70. The highest BCUT2D eigenvalue weighted by Crippen LogP contribution is 2.38. The van der Waals surface area contributed by atoms with Crippen molar-refractivity contribution in [2.75, 3.05) is 26.8 Å². The molecule has 2 aliphatic rings. The minimum Gasteiger partial charge on any atom is -0.489 e. The molecule has 0 aromatic heterocycles. The molecule has 1 unspecified atom stereocenters. The van der Waals surface area contributed by atoms with Gasteiger partial charge >= 0.3 is 0 Å². The number of nitrogens with one attached hydrogen (secondary N) is 1. The summed E-state index contributed by atoms with van der Waals surface area (Å²) < 4.78 is 11.8. The first kappa shape index (κ1) is 22.6. The van der Waals surface area contributed by atoms with Gasteiger partial charge in [-0.2, -0.15) is 0 Å². The van der Waals surface area contributed by atoms with Gasteiger partial charge in [0.1, 0.15) is 6.61 Å². The molecule has 1 saturated heterocycles. The number of benzene rings is 2. The maximum Gasteiger partial charge on any atom is 0.258 e. The Morgan fingerprint density at radius 3 is 2.69 bits per heavy atom. The Hall–Kier alpha value is -2.57. The summed E-state index contributed by atoms with van der Waals surface area (Å²) in [6.07, 6.45) is 2.67. The fraction of sp³-hybridized carbons (Fsp3) is 0.440. The van der Waals surface area contributed by atoms with Crippen LogP contribution in [0, 0.1) is 6.92 Å². The number of rotatable bonds is 5. The number of fused-ring (bicyclic) bond motifs is 1. The molecule has 1 N–H and O–H groups in total. The average Bonchev–Trinajstić information content (AvgIpc) is 3.28. The Labute approximate surface area is 193 Å². The van der Waals surface area contributed by atoms with Crippen LogP contribution in [0.25, 0.3) is 0 Å². The summed E-state index contributed by atoms with van der Waals surface area (Å²) in [7, 11) is 1.61. The number of halogens is 1. The third-order valence-corrected chi connectivity index (χ3v) is 6.78. The van der Waals surface area contributed by atoms with Gasteiger partial charge in [-0.05, 0) is 68.0 Å². The number of nitrogens with zero attached hydrogens (tertiary/aromatic N) is 1. The lowest BCUT2D eigenvalue weighted by Crippen LogP contribution is -2.44. The van der Waals surface area contributed by atoms with Crippen molar-refractivity contribution in [2.45, 2.75) is 45.3 Å². The van der Waals surface area contributed by atoms with E-state index in [1.165, 1.54) is 0 Å². The van der Waals surface area contributed by atoms with E-state index in [1.807, 2.05) is 36.9 Å². The summed E-state index contributed by atoms with van der Waals surface area (Å²) in [5, 5.41) is 3.11. The topological polar surface area (TPSA) is 67.9 Å². The molecule has 2 aromatic rings. The Kier molecular flexibility index (Phi) is 6.72. The van der Waals surface area contributed by atoms with Gasteiger partial charge < -0.3 is 19.7 Å². The molecular formula is C25H29ClN2O4. The Balaban J connectivity index is 1.64. The van der Waals surface area contributed by atoms with Crippen LogP contribution in [-0.4, -0.2) is 55.7 Å². The van der Waals surface area contributed by atoms with Gasteiger partial charge in [0.05, 0.1) is 22.7 Å². The second-order valence-corrected chi connectivity index (χ2v) is 8.93. The lowest BCUT2D eigenvalue weighted by Gasteiger charge is -2.28. The zero-order valence-electron chi connectivity index (χ0n) is 18.7. The fourth-order valence-electron chi connectivity index (χ4n) is 4.32. The van der Waals surface area contributed by atoms with Crippen LogP contribution in [0.1, 0.15) is 57.2 Å². The number of carbonyl (C=O) groups excluding carboxylic acids is 2. The van der Waals surface area contributed by atoms with Crippen molar-refractivity contribution in [3.63, 3.8) is 0 Å². The first-order valence-electron chi connectivity index (χ1n) is 11.1. The second kappa shape index (κ2) is 9.51. The zero-order valence-corrected chi connectivity index (χ0v) is 19.5. The van der Waals surface area contributed by atoms with Crippen LogP contribution in [-0.2, 0) is 11.2 Å². The van der Waals surface area contributed by atoms with E-state index >= 15 is 0 Å². The van der Waals surface area contributed by atoms with E-state index < -0.39 is 0 Å². The molecule has 170 valence electrons. The van der Waals surface area contributed by atoms with E-state index in [0.717, 1.165) is 36.1 Å². The maximum atomic E-state index is 13.5. The molecule has 2 heterocycles. The molecule has 2 amide bonds. The summed E-state index contributed by atoms with van der Waals surface area (Å²) in [6, 6.07) is 9.28. The highest BCUT2D eigenvalue weighted by atomic mass is 35.5. The van der Waals surface area contributed by atoms with Crippen molar-refractivity contribution in [3.8, 4) is 5.75 Å². The lowest BCUT2D eigenvalue weighted by atomic mass is 9.96. The number of carbonyl (C=O) groups is 2. The van der Waals surface area contributed by atoms with E-state index in [-0.39, 0.29) is 24.0 Å². The summed E-state index contributed by atoms with van der Waals surface area (Å²) in [5.41, 5.74) is 4.00. The first-order chi connectivity index (χ1) is 15.4. The van der Waals surface area contributed by atoms with Gasteiger partial charge in [-0.15, -0.1) is 0 Å². The average molecular weight is 457 g/mol. The minimum absolute atomic E-state index is 0.0707. The third kappa shape index (κ3) is 4.48. The van der Waals surface area contributed by atoms with E-state index in [9.17, 15) is 9.59 Å². The normalized spacial score (nSPS) is 20.5. The van der Waals surface area contributed by atoms with Crippen LogP contribution in [0.4, 0.5) is 0 Å². The van der Waals surface area contributed by atoms with Crippen LogP contribution in [0.3, 0.4) is 0 Å². The van der Waals surface area contributed by atoms with Gasteiger partial charge in [0.2, 0.25) is 0 Å². The van der Waals surface area contributed by atoms with Crippen LogP contribution < -0.4 is 10.1 Å². The van der Waals surface area contributed by atoms with E-state index in [4.69, 9.17) is 21.1 Å². The summed E-state index contributed by atoms with van der Waals surface area (Å²) in [4.78, 5) is 27.2. The van der Waals surface area contributed by atoms with Crippen LogP contribution in [0.2, 0.25) is 5.02 Å². The van der Waals surface area contributed by atoms with Crippen molar-refractivity contribution in [2.24, 2.45) is 0 Å². The molecule has 4 rings (SSSR count). The van der Waals surface area contributed by atoms with E-state index in [2.05, 4.69) is 5.32 Å². The molecule has 0 spiro atoms. The van der Waals surface area contributed by atoms with Gasteiger partial charge in [-0.1, -0.05) is 23.7 Å². The molecule has 1 fully saturated rings. The number of hydrogen-bond donors (Lipinski definition) is 1. The first-order valence-corrected chi connectivity index (χ1v) is 11.4. The predicted octanol–water partition coefficient (Wildman–Crippen LogP) is 4.00. The van der Waals surface area contributed by atoms with Gasteiger partial charge in [-0.3, -0.25) is 9.59 Å². The Morgan fingerprint density at radius 1 is 1.28 bits per heavy atom. The smallest absolute Gasteiger partial charge is 0.258 e. The summed E-state index contributed by atoms with van der Waals surface area (Å²) in [5.74, 6) is 0.275. The minimum atomic E-state index is -0.121. The second-order valence-electron chi connectivity index (χ2n) is 8.56. The molecular weight excluding hydrogens is 428 g/mol. The Morgan fingerprint density at radius 2 is 2.03 bits per heavy atom. The van der Waals surface area contributed by atoms with Gasteiger partial charge in [0.15, 0.2) is 5.75 Å². The SMILES string of the molecule is CNC(=O)c1ccc(Cc2cc3c(c(Cl)c2C)OC[C@H](C)N(CC2CCCO2)C3=O)cc1.